The normalized spacial score (nSPS) is 12.0. The van der Waals surface area contributed by atoms with Crippen LogP contribution in [0.3, 0.4) is 0 Å². The molecule has 1 unspecified atom stereocenters. The van der Waals surface area contributed by atoms with E-state index in [1.54, 1.807) is 12.1 Å². The molecule has 1 aromatic carbocycles. The average molecular weight is 224 g/mol. The second-order valence-electron chi connectivity index (χ2n) is 3.50. The van der Waals surface area contributed by atoms with Crippen molar-refractivity contribution in [2.45, 2.75) is 12.8 Å². The summed E-state index contributed by atoms with van der Waals surface area (Å²) in [5, 5.41) is 26.4. The highest BCUT2D eigenvalue weighted by Crippen LogP contribution is 2.16. The zero-order valence-electron chi connectivity index (χ0n) is 8.46. The quantitative estimate of drug-likeness (QED) is 0.696. The Labute approximate surface area is 92.0 Å². The van der Waals surface area contributed by atoms with Crippen LogP contribution in [0, 0.1) is 5.92 Å². The van der Waals surface area contributed by atoms with E-state index in [-0.39, 0.29) is 12.2 Å². The lowest BCUT2D eigenvalue weighted by Gasteiger charge is -2.09. The molecule has 0 radical (unpaired) electrons. The molecule has 0 spiro atoms. The first-order valence-electron chi connectivity index (χ1n) is 4.71. The third kappa shape index (κ3) is 3.61. The van der Waals surface area contributed by atoms with Gasteiger partial charge in [-0.05, 0) is 24.1 Å². The van der Waals surface area contributed by atoms with Gasteiger partial charge < -0.3 is 15.3 Å². The minimum Gasteiger partial charge on any atom is -0.508 e. The van der Waals surface area contributed by atoms with E-state index in [9.17, 15) is 9.59 Å². The smallest absolute Gasteiger partial charge is 0.307 e. The number of phenolic OH excluding ortho intramolecular Hbond substituents is 1. The first kappa shape index (κ1) is 12.0. The first-order valence-corrected chi connectivity index (χ1v) is 4.71. The Hall–Kier alpha value is -2.04. The standard InChI is InChI=1S/C11H12O5/c12-9-3-1-7(2-4-9)5-8(11(15)16)6-10(13)14/h1-4,8,12H,5-6H2,(H,13,14)(H,15,16). The number of aliphatic carboxylic acids is 2. The van der Waals surface area contributed by atoms with Gasteiger partial charge >= 0.3 is 11.9 Å². The van der Waals surface area contributed by atoms with Crippen LogP contribution in [0.25, 0.3) is 0 Å². The average Bonchev–Trinajstić information content (AvgIpc) is 2.19. The van der Waals surface area contributed by atoms with Gasteiger partial charge in [0.1, 0.15) is 5.75 Å². The van der Waals surface area contributed by atoms with Crippen molar-refractivity contribution < 1.29 is 24.9 Å². The molecule has 1 aromatic rings. The number of phenols is 1. The monoisotopic (exact) mass is 224 g/mol. The number of carboxylic acids is 2. The van der Waals surface area contributed by atoms with E-state index in [0.29, 0.717) is 5.56 Å². The highest BCUT2D eigenvalue weighted by molar-refractivity contribution is 5.78. The molecular formula is C11H12O5. The molecule has 0 heterocycles. The van der Waals surface area contributed by atoms with Crippen LogP contribution in [0.5, 0.6) is 5.75 Å². The van der Waals surface area contributed by atoms with Crippen LogP contribution in [-0.2, 0) is 16.0 Å². The van der Waals surface area contributed by atoms with Crippen LogP contribution in [0.1, 0.15) is 12.0 Å². The molecule has 5 nitrogen and oxygen atoms in total. The highest BCUT2D eigenvalue weighted by atomic mass is 16.4. The Bertz CT molecular complexity index is 382. The van der Waals surface area contributed by atoms with E-state index in [1.807, 2.05) is 0 Å². The summed E-state index contributed by atoms with van der Waals surface area (Å²) in [6.45, 7) is 0. The third-order valence-corrected chi connectivity index (χ3v) is 2.19. The summed E-state index contributed by atoms with van der Waals surface area (Å²) in [4.78, 5) is 21.2. The van der Waals surface area contributed by atoms with Gasteiger partial charge in [0.25, 0.3) is 0 Å². The second kappa shape index (κ2) is 5.16. The number of hydrogen-bond donors (Lipinski definition) is 3. The zero-order chi connectivity index (χ0) is 12.1. The Morgan fingerprint density at radius 1 is 1.12 bits per heavy atom. The SMILES string of the molecule is O=C(O)CC(Cc1ccc(O)cc1)C(=O)O. The third-order valence-electron chi connectivity index (χ3n) is 2.19. The molecule has 0 aromatic heterocycles. The molecule has 86 valence electrons. The number of aromatic hydroxyl groups is 1. The lowest BCUT2D eigenvalue weighted by Crippen LogP contribution is -2.20. The minimum atomic E-state index is -1.13. The van der Waals surface area contributed by atoms with E-state index in [4.69, 9.17) is 15.3 Å². The molecule has 0 aliphatic heterocycles. The van der Waals surface area contributed by atoms with Gasteiger partial charge in [-0.2, -0.15) is 0 Å². The van der Waals surface area contributed by atoms with Crippen molar-refractivity contribution >= 4 is 11.9 Å². The van der Waals surface area contributed by atoms with E-state index < -0.39 is 24.3 Å². The summed E-state index contributed by atoms with van der Waals surface area (Å²) in [7, 11) is 0. The van der Waals surface area contributed by atoms with Crippen molar-refractivity contribution in [3.63, 3.8) is 0 Å². The molecule has 3 N–H and O–H groups in total. The second-order valence-corrected chi connectivity index (χ2v) is 3.50. The summed E-state index contributed by atoms with van der Waals surface area (Å²) >= 11 is 0. The van der Waals surface area contributed by atoms with E-state index in [0.717, 1.165) is 0 Å². The number of benzene rings is 1. The fourth-order valence-corrected chi connectivity index (χ4v) is 1.37. The maximum Gasteiger partial charge on any atom is 0.307 e. The largest absolute Gasteiger partial charge is 0.508 e. The van der Waals surface area contributed by atoms with Crippen LogP contribution in [0.2, 0.25) is 0 Å². The predicted octanol–water partition coefficient (Wildman–Crippen LogP) is 1.11. The van der Waals surface area contributed by atoms with Gasteiger partial charge in [0.15, 0.2) is 0 Å². The van der Waals surface area contributed by atoms with Gasteiger partial charge in [0.05, 0.1) is 12.3 Å². The van der Waals surface area contributed by atoms with Crippen molar-refractivity contribution in [1.82, 2.24) is 0 Å². The van der Waals surface area contributed by atoms with Gasteiger partial charge in [-0.25, -0.2) is 0 Å². The fourth-order valence-electron chi connectivity index (χ4n) is 1.37. The van der Waals surface area contributed by atoms with Crippen LogP contribution in [-0.4, -0.2) is 27.3 Å². The number of hydrogen-bond acceptors (Lipinski definition) is 3. The van der Waals surface area contributed by atoms with Crippen molar-refractivity contribution in [3.05, 3.63) is 29.8 Å². The molecule has 0 aliphatic rings. The highest BCUT2D eigenvalue weighted by Gasteiger charge is 2.21. The van der Waals surface area contributed by atoms with Crippen molar-refractivity contribution in [2.75, 3.05) is 0 Å². The molecule has 5 heteroatoms. The fraction of sp³-hybridized carbons (Fsp3) is 0.273. The Kier molecular flexibility index (Phi) is 3.88. The molecule has 0 amide bonds. The van der Waals surface area contributed by atoms with Gasteiger partial charge in [-0.15, -0.1) is 0 Å². The summed E-state index contributed by atoms with van der Waals surface area (Å²) in [5.41, 5.74) is 0.687. The van der Waals surface area contributed by atoms with Crippen molar-refractivity contribution in [3.8, 4) is 5.75 Å². The Morgan fingerprint density at radius 3 is 2.12 bits per heavy atom. The number of rotatable bonds is 5. The number of carboxylic acid groups (broad SMARTS) is 2. The predicted molar refractivity (Wildman–Crippen MR) is 55.2 cm³/mol. The lowest BCUT2D eigenvalue weighted by atomic mass is 9.96. The number of carbonyl (C=O) groups is 2. The maximum absolute atomic E-state index is 10.8. The first-order chi connectivity index (χ1) is 7.49. The molecule has 0 bridgehead atoms. The molecule has 0 saturated carbocycles. The van der Waals surface area contributed by atoms with Gasteiger partial charge in [0.2, 0.25) is 0 Å². The summed E-state index contributed by atoms with van der Waals surface area (Å²) in [6, 6.07) is 6.03. The molecule has 1 rings (SSSR count). The summed E-state index contributed by atoms with van der Waals surface area (Å²) in [5.74, 6) is -3.11. The van der Waals surface area contributed by atoms with Gasteiger partial charge in [-0.3, -0.25) is 9.59 Å². The van der Waals surface area contributed by atoms with Crippen molar-refractivity contribution in [2.24, 2.45) is 5.92 Å². The van der Waals surface area contributed by atoms with E-state index in [1.165, 1.54) is 12.1 Å². The molecule has 16 heavy (non-hydrogen) atoms. The summed E-state index contributed by atoms with van der Waals surface area (Å²) < 4.78 is 0. The van der Waals surface area contributed by atoms with E-state index >= 15 is 0 Å². The summed E-state index contributed by atoms with van der Waals surface area (Å²) in [6.07, 6.45) is -0.266. The Balaban J connectivity index is 2.71. The molecule has 0 saturated heterocycles. The maximum atomic E-state index is 10.8. The van der Waals surface area contributed by atoms with E-state index in [2.05, 4.69) is 0 Å². The molecule has 1 atom stereocenters. The minimum absolute atomic E-state index is 0.0915. The molecule has 0 fully saturated rings. The van der Waals surface area contributed by atoms with Gasteiger partial charge in [-0.1, -0.05) is 12.1 Å². The molecule has 0 aliphatic carbocycles. The van der Waals surface area contributed by atoms with Crippen LogP contribution >= 0.6 is 0 Å². The van der Waals surface area contributed by atoms with Crippen LogP contribution in [0.4, 0.5) is 0 Å². The van der Waals surface area contributed by atoms with Gasteiger partial charge in [0, 0.05) is 0 Å². The van der Waals surface area contributed by atoms with Crippen LogP contribution in [0.15, 0.2) is 24.3 Å². The Morgan fingerprint density at radius 2 is 1.69 bits per heavy atom. The van der Waals surface area contributed by atoms with Crippen LogP contribution < -0.4 is 0 Å². The lowest BCUT2D eigenvalue weighted by molar-refractivity contribution is -0.148. The topological polar surface area (TPSA) is 94.8 Å². The van der Waals surface area contributed by atoms with Crippen molar-refractivity contribution in [1.29, 1.82) is 0 Å². The molecular weight excluding hydrogens is 212 g/mol. The zero-order valence-corrected chi connectivity index (χ0v) is 8.46.